The number of ether oxygens (including phenoxy) is 2. The third kappa shape index (κ3) is 4.93. The van der Waals surface area contributed by atoms with E-state index in [1.54, 1.807) is 37.6 Å². The first-order valence-electron chi connectivity index (χ1n) is 8.53. The molecular formula is C19H26N4O3. The van der Waals surface area contributed by atoms with Gasteiger partial charge in [0.2, 0.25) is 0 Å². The van der Waals surface area contributed by atoms with Gasteiger partial charge in [0.1, 0.15) is 18.2 Å². The largest absolute Gasteiger partial charge is 0.491 e. The molecule has 7 nitrogen and oxygen atoms in total. The van der Waals surface area contributed by atoms with Crippen molar-refractivity contribution in [2.75, 3.05) is 50.7 Å². The number of benzene rings is 1. The number of anilines is 2. The predicted molar refractivity (Wildman–Crippen MR) is 103 cm³/mol. The second-order valence-electron chi connectivity index (χ2n) is 5.67. The average molecular weight is 358 g/mol. The van der Waals surface area contributed by atoms with E-state index in [-0.39, 0.29) is 13.2 Å². The number of aliphatic hydroxyl groups excluding tert-OH is 1. The summed E-state index contributed by atoms with van der Waals surface area (Å²) in [4.78, 5) is 6.50. The van der Waals surface area contributed by atoms with Gasteiger partial charge in [-0.3, -0.25) is 5.41 Å². The Bertz CT molecular complexity index is 736. The van der Waals surface area contributed by atoms with Crippen LogP contribution in [0.15, 0.2) is 36.5 Å². The Morgan fingerprint density at radius 2 is 2.08 bits per heavy atom. The Morgan fingerprint density at radius 3 is 2.77 bits per heavy atom. The van der Waals surface area contributed by atoms with Crippen molar-refractivity contribution >= 4 is 17.2 Å². The van der Waals surface area contributed by atoms with Crippen molar-refractivity contribution in [2.45, 2.75) is 6.92 Å². The van der Waals surface area contributed by atoms with Crippen LogP contribution in [0.4, 0.5) is 11.5 Å². The molecule has 0 fully saturated rings. The molecule has 140 valence electrons. The molecule has 26 heavy (non-hydrogen) atoms. The Kier molecular flexibility index (Phi) is 7.37. The number of nitrogens with two attached hydrogens (primary N) is 1. The van der Waals surface area contributed by atoms with Crippen LogP contribution < -0.4 is 15.4 Å². The van der Waals surface area contributed by atoms with E-state index >= 15 is 0 Å². The van der Waals surface area contributed by atoms with Gasteiger partial charge in [-0.05, 0) is 37.3 Å². The molecule has 0 aliphatic rings. The van der Waals surface area contributed by atoms with Crippen LogP contribution in [0, 0.1) is 5.41 Å². The van der Waals surface area contributed by atoms with Gasteiger partial charge in [-0.15, -0.1) is 0 Å². The van der Waals surface area contributed by atoms with Crippen LogP contribution in [0.1, 0.15) is 18.1 Å². The minimum atomic E-state index is -0.0702. The molecule has 0 amide bonds. The average Bonchev–Trinajstić information content (AvgIpc) is 2.67. The number of aliphatic hydroxyl groups is 1. The second kappa shape index (κ2) is 9.74. The standard InChI is InChI=1S/C19H26N4O3/c1-3-23(8-10-25-2)18-12-14(6-7-22-18)19(21)16-13-15(26-11-9-24)4-5-17(16)20/h4-7,12-13,21,24H,3,8-11,20H2,1-2H3. The van der Waals surface area contributed by atoms with Crippen molar-refractivity contribution in [3.05, 3.63) is 47.7 Å². The zero-order valence-corrected chi connectivity index (χ0v) is 15.2. The number of rotatable bonds is 10. The molecule has 0 bridgehead atoms. The van der Waals surface area contributed by atoms with Crippen LogP contribution in [-0.2, 0) is 4.74 Å². The molecule has 1 aromatic heterocycles. The molecule has 0 unspecified atom stereocenters. The number of pyridine rings is 1. The number of nitrogen functional groups attached to an aromatic ring is 1. The minimum absolute atomic E-state index is 0.0702. The van der Waals surface area contributed by atoms with Gasteiger partial charge in [0, 0.05) is 43.2 Å². The van der Waals surface area contributed by atoms with E-state index in [1.165, 1.54) is 0 Å². The maximum absolute atomic E-state index is 8.89. The highest BCUT2D eigenvalue weighted by Gasteiger charge is 2.13. The lowest BCUT2D eigenvalue weighted by Crippen LogP contribution is -2.27. The number of hydrogen-bond acceptors (Lipinski definition) is 7. The molecule has 1 heterocycles. The van der Waals surface area contributed by atoms with Gasteiger partial charge in [0.25, 0.3) is 0 Å². The fourth-order valence-electron chi connectivity index (χ4n) is 2.54. The first-order chi connectivity index (χ1) is 12.6. The van der Waals surface area contributed by atoms with E-state index in [1.807, 2.05) is 6.07 Å². The lowest BCUT2D eigenvalue weighted by Gasteiger charge is -2.22. The van der Waals surface area contributed by atoms with Crippen LogP contribution in [0.5, 0.6) is 5.75 Å². The number of likely N-dealkylation sites (N-methyl/N-ethyl adjacent to an activating group) is 1. The van der Waals surface area contributed by atoms with E-state index in [0.29, 0.717) is 29.3 Å². The van der Waals surface area contributed by atoms with Crippen molar-refractivity contribution < 1.29 is 14.6 Å². The van der Waals surface area contributed by atoms with Crippen molar-refractivity contribution in [3.8, 4) is 5.75 Å². The SMILES string of the molecule is CCN(CCOC)c1cc(C(=N)c2cc(OCCO)ccc2N)ccn1. The quantitative estimate of drug-likeness (QED) is 0.443. The maximum atomic E-state index is 8.89. The van der Waals surface area contributed by atoms with Gasteiger partial charge in [-0.25, -0.2) is 4.98 Å². The summed E-state index contributed by atoms with van der Waals surface area (Å²) in [7, 11) is 1.67. The molecular weight excluding hydrogens is 332 g/mol. The highest BCUT2D eigenvalue weighted by Crippen LogP contribution is 2.24. The van der Waals surface area contributed by atoms with E-state index in [9.17, 15) is 0 Å². The lowest BCUT2D eigenvalue weighted by molar-refractivity contribution is 0.201. The third-order valence-electron chi connectivity index (χ3n) is 3.96. The fraction of sp³-hybridized carbons (Fsp3) is 0.368. The summed E-state index contributed by atoms with van der Waals surface area (Å²) in [6.07, 6.45) is 1.69. The molecule has 7 heteroatoms. The summed E-state index contributed by atoms with van der Waals surface area (Å²) < 4.78 is 10.6. The summed E-state index contributed by atoms with van der Waals surface area (Å²) in [5.41, 5.74) is 8.15. The van der Waals surface area contributed by atoms with E-state index < -0.39 is 0 Å². The fourth-order valence-corrected chi connectivity index (χ4v) is 2.54. The summed E-state index contributed by atoms with van der Waals surface area (Å²) in [6, 6.07) is 8.81. The van der Waals surface area contributed by atoms with Gasteiger partial charge >= 0.3 is 0 Å². The van der Waals surface area contributed by atoms with Crippen molar-refractivity contribution in [1.29, 1.82) is 5.41 Å². The van der Waals surface area contributed by atoms with Crippen molar-refractivity contribution in [2.24, 2.45) is 0 Å². The summed E-state index contributed by atoms with van der Waals surface area (Å²) in [5.74, 6) is 1.36. The molecule has 0 aliphatic heterocycles. The first-order valence-corrected chi connectivity index (χ1v) is 8.53. The predicted octanol–water partition coefficient (Wildman–Crippen LogP) is 1.92. The topological polar surface area (TPSA) is 105 Å². The summed E-state index contributed by atoms with van der Waals surface area (Å²) in [6.45, 7) is 4.30. The van der Waals surface area contributed by atoms with Crippen LogP contribution in [-0.4, -0.2) is 55.8 Å². The van der Waals surface area contributed by atoms with Crippen molar-refractivity contribution in [3.63, 3.8) is 0 Å². The number of nitrogens with one attached hydrogen (secondary N) is 1. The molecule has 2 aromatic rings. The van der Waals surface area contributed by atoms with E-state index in [0.717, 1.165) is 24.5 Å². The minimum Gasteiger partial charge on any atom is -0.491 e. The zero-order valence-electron chi connectivity index (χ0n) is 15.2. The van der Waals surface area contributed by atoms with E-state index in [2.05, 4.69) is 16.8 Å². The Morgan fingerprint density at radius 1 is 1.27 bits per heavy atom. The number of methoxy groups -OCH3 is 1. The number of aromatic nitrogens is 1. The van der Waals surface area contributed by atoms with Gasteiger partial charge < -0.3 is 25.2 Å². The Labute approximate surface area is 153 Å². The van der Waals surface area contributed by atoms with Gasteiger partial charge in [0.15, 0.2) is 0 Å². The van der Waals surface area contributed by atoms with Gasteiger partial charge in [0.05, 0.1) is 18.9 Å². The Balaban J connectivity index is 2.28. The molecule has 0 atom stereocenters. The van der Waals surface area contributed by atoms with Crippen LogP contribution in [0.3, 0.4) is 0 Å². The molecule has 1 aromatic carbocycles. The molecule has 0 saturated heterocycles. The third-order valence-corrected chi connectivity index (χ3v) is 3.96. The molecule has 0 radical (unpaired) electrons. The zero-order chi connectivity index (χ0) is 18.9. The maximum Gasteiger partial charge on any atom is 0.129 e. The highest BCUT2D eigenvalue weighted by molar-refractivity contribution is 6.14. The van der Waals surface area contributed by atoms with Gasteiger partial charge in [-0.1, -0.05) is 0 Å². The monoisotopic (exact) mass is 358 g/mol. The summed E-state index contributed by atoms with van der Waals surface area (Å²) in [5, 5.41) is 17.5. The first kappa shape index (κ1) is 19.7. The molecule has 2 rings (SSSR count). The normalized spacial score (nSPS) is 10.6. The molecule has 0 aliphatic carbocycles. The van der Waals surface area contributed by atoms with E-state index in [4.69, 9.17) is 25.7 Å². The van der Waals surface area contributed by atoms with Crippen molar-refractivity contribution in [1.82, 2.24) is 4.98 Å². The highest BCUT2D eigenvalue weighted by atomic mass is 16.5. The Hall–Kier alpha value is -2.64. The second-order valence-corrected chi connectivity index (χ2v) is 5.67. The van der Waals surface area contributed by atoms with Gasteiger partial charge in [-0.2, -0.15) is 0 Å². The number of hydrogen-bond donors (Lipinski definition) is 3. The van der Waals surface area contributed by atoms with Crippen LogP contribution in [0.2, 0.25) is 0 Å². The molecule has 0 saturated carbocycles. The van der Waals surface area contributed by atoms with Crippen LogP contribution >= 0.6 is 0 Å². The number of nitrogens with zero attached hydrogens (tertiary/aromatic N) is 2. The molecule has 0 spiro atoms. The van der Waals surface area contributed by atoms with Crippen LogP contribution in [0.25, 0.3) is 0 Å². The summed E-state index contributed by atoms with van der Waals surface area (Å²) >= 11 is 0. The lowest BCUT2D eigenvalue weighted by atomic mass is 10.0. The smallest absolute Gasteiger partial charge is 0.129 e. The molecule has 4 N–H and O–H groups in total.